The summed E-state index contributed by atoms with van der Waals surface area (Å²) in [7, 11) is 0. The van der Waals surface area contributed by atoms with Crippen molar-refractivity contribution >= 4 is 23.0 Å². The fourth-order valence-electron chi connectivity index (χ4n) is 1.57. The Morgan fingerprint density at radius 2 is 2.00 bits per heavy atom. The molecule has 0 unspecified atom stereocenters. The molecule has 8 nitrogen and oxygen atoms in total. The van der Waals surface area contributed by atoms with Gasteiger partial charge in [0, 0.05) is 36.6 Å². The molecule has 0 aliphatic rings. The van der Waals surface area contributed by atoms with E-state index in [9.17, 15) is 14.9 Å². The number of primary amides is 1. The summed E-state index contributed by atoms with van der Waals surface area (Å²) in [5, 5.41) is 16.8. The topological polar surface area (TPSA) is 120 Å². The first kappa shape index (κ1) is 15.7. The molecule has 4 N–H and O–H groups in total. The molecule has 0 atom stereocenters. The van der Waals surface area contributed by atoms with Crippen molar-refractivity contribution in [2.45, 2.75) is 6.92 Å². The maximum absolute atomic E-state index is 10.8. The smallest absolute Gasteiger partial charge is 0.273 e. The van der Waals surface area contributed by atoms with E-state index >= 15 is 0 Å². The molecule has 0 aromatic heterocycles. The van der Waals surface area contributed by atoms with Crippen LogP contribution in [-0.2, 0) is 9.53 Å². The highest BCUT2D eigenvalue weighted by molar-refractivity contribution is 5.75. The van der Waals surface area contributed by atoms with Crippen LogP contribution in [0.4, 0.5) is 17.1 Å². The van der Waals surface area contributed by atoms with E-state index in [4.69, 9.17) is 10.5 Å². The molecule has 0 saturated heterocycles. The summed E-state index contributed by atoms with van der Waals surface area (Å²) in [6.45, 7) is 3.13. The van der Waals surface area contributed by atoms with Gasteiger partial charge >= 0.3 is 0 Å². The Balaban J connectivity index is 2.59. The van der Waals surface area contributed by atoms with Crippen LogP contribution in [0.3, 0.4) is 0 Å². The van der Waals surface area contributed by atoms with Gasteiger partial charge in [-0.1, -0.05) is 0 Å². The lowest BCUT2D eigenvalue weighted by atomic mass is 10.2. The summed E-state index contributed by atoms with van der Waals surface area (Å²) in [6.07, 6.45) is 0. The minimum absolute atomic E-state index is 0.00371. The molecule has 0 radical (unpaired) electrons. The van der Waals surface area contributed by atoms with Gasteiger partial charge in [-0.25, -0.2) is 0 Å². The Kier molecular flexibility index (Phi) is 6.24. The summed E-state index contributed by atoms with van der Waals surface area (Å²) in [5.41, 5.74) is 6.21. The predicted octanol–water partition coefficient (Wildman–Crippen LogP) is 0.940. The van der Waals surface area contributed by atoms with Crippen LogP contribution in [0.2, 0.25) is 0 Å². The molecule has 0 fully saturated rings. The van der Waals surface area contributed by atoms with Crippen molar-refractivity contribution < 1.29 is 14.5 Å². The SMILES string of the molecule is CCNc1cc(NCCOCC(N)=O)cc([N+](=O)[O-])c1. The van der Waals surface area contributed by atoms with E-state index in [0.29, 0.717) is 24.5 Å². The Morgan fingerprint density at radius 3 is 2.55 bits per heavy atom. The Bertz CT molecular complexity index is 479. The molecule has 0 spiro atoms. The summed E-state index contributed by atoms with van der Waals surface area (Å²) in [5.74, 6) is -0.533. The Morgan fingerprint density at radius 1 is 1.35 bits per heavy atom. The molecule has 0 aliphatic carbocycles. The first-order chi connectivity index (χ1) is 9.52. The van der Waals surface area contributed by atoms with Crippen molar-refractivity contribution in [1.82, 2.24) is 0 Å². The zero-order chi connectivity index (χ0) is 15.0. The molecular formula is C12H18N4O4. The highest BCUT2D eigenvalue weighted by atomic mass is 16.6. The number of benzene rings is 1. The molecule has 0 aliphatic heterocycles. The van der Waals surface area contributed by atoms with E-state index < -0.39 is 10.8 Å². The number of hydrogen-bond acceptors (Lipinski definition) is 6. The second-order valence-corrected chi connectivity index (χ2v) is 4.00. The van der Waals surface area contributed by atoms with Crippen molar-refractivity contribution in [3.05, 3.63) is 28.3 Å². The number of nitrogens with zero attached hydrogens (tertiary/aromatic N) is 1. The average molecular weight is 282 g/mol. The van der Waals surface area contributed by atoms with Crippen molar-refractivity contribution in [2.75, 3.05) is 36.9 Å². The molecule has 1 amide bonds. The van der Waals surface area contributed by atoms with E-state index in [0.717, 1.165) is 0 Å². The fraction of sp³-hybridized carbons (Fsp3) is 0.417. The van der Waals surface area contributed by atoms with Crippen molar-refractivity contribution in [2.24, 2.45) is 5.73 Å². The molecule has 1 aromatic rings. The fourth-order valence-corrected chi connectivity index (χ4v) is 1.57. The third-order valence-electron chi connectivity index (χ3n) is 2.33. The molecule has 110 valence electrons. The Labute approximate surface area is 116 Å². The number of nitrogens with two attached hydrogens (primary N) is 1. The normalized spacial score (nSPS) is 10.1. The average Bonchev–Trinajstić information content (AvgIpc) is 2.38. The largest absolute Gasteiger partial charge is 0.385 e. The van der Waals surface area contributed by atoms with Gasteiger partial charge in [-0.05, 0) is 13.0 Å². The number of rotatable bonds is 9. The molecule has 1 aromatic carbocycles. The summed E-state index contributed by atoms with van der Waals surface area (Å²) < 4.78 is 4.99. The third kappa shape index (κ3) is 5.53. The number of nitro benzene ring substituents is 1. The standard InChI is InChI=1S/C12H18N4O4/c1-2-14-9-5-10(7-11(6-9)16(18)19)15-3-4-20-8-12(13)17/h5-7,14-15H,2-4,8H2,1H3,(H2,13,17). The highest BCUT2D eigenvalue weighted by Crippen LogP contribution is 2.24. The molecule has 1 rings (SSSR count). The first-order valence-electron chi connectivity index (χ1n) is 6.16. The minimum Gasteiger partial charge on any atom is -0.385 e. The maximum atomic E-state index is 10.8. The minimum atomic E-state index is -0.533. The maximum Gasteiger partial charge on any atom is 0.273 e. The second kappa shape index (κ2) is 7.95. The number of carbonyl (C=O) groups excluding carboxylic acids is 1. The number of hydrogen-bond donors (Lipinski definition) is 3. The van der Waals surface area contributed by atoms with Gasteiger partial charge in [0.2, 0.25) is 5.91 Å². The van der Waals surface area contributed by atoms with Crippen molar-refractivity contribution in [1.29, 1.82) is 0 Å². The van der Waals surface area contributed by atoms with Crippen LogP contribution in [-0.4, -0.2) is 37.1 Å². The van der Waals surface area contributed by atoms with Crippen LogP contribution >= 0.6 is 0 Å². The van der Waals surface area contributed by atoms with E-state index in [1.165, 1.54) is 12.1 Å². The summed E-state index contributed by atoms with van der Waals surface area (Å²) in [6, 6.07) is 4.68. The molecule has 20 heavy (non-hydrogen) atoms. The number of nitrogens with one attached hydrogen (secondary N) is 2. The quantitative estimate of drug-likeness (QED) is 0.352. The van der Waals surface area contributed by atoms with Gasteiger partial charge in [-0.15, -0.1) is 0 Å². The predicted molar refractivity (Wildman–Crippen MR) is 75.8 cm³/mol. The number of carbonyl (C=O) groups is 1. The molecular weight excluding hydrogens is 264 g/mol. The third-order valence-corrected chi connectivity index (χ3v) is 2.33. The van der Waals surface area contributed by atoms with Crippen LogP contribution in [0.1, 0.15) is 6.92 Å². The van der Waals surface area contributed by atoms with Crippen LogP contribution in [0.15, 0.2) is 18.2 Å². The van der Waals surface area contributed by atoms with E-state index in [1.54, 1.807) is 6.07 Å². The highest BCUT2D eigenvalue weighted by Gasteiger charge is 2.09. The monoisotopic (exact) mass is 282 g/mol. The van der Waals surface area contributed by atoms with E-state index in [2.05, 4.69) is 10.6 Å². The Hall–Kier alpha value is -2.35. The van der Waals surface area contributed by atoms with Gasteiger partial charge in [0.05, 0.1) is 11.5 Å². The number of amides is 1. The van der Waals surface area contributed by atoms with E-state index in [-0.39, 0.29) is 18.9 Å². The van der Waals surface area contributed by atoms with Gasteiger partial charge in [0.1, 0.15) is 6.61 Å². The zero-order valence-corrected chi connectivity index (χ0v) is 11.2. The summed E-state index contributed by atoms with van der Waals surface area (Å²) >= 11 is 0. The van der Waals surface area contributed by atoms with Gasteiger partial charge in [0.15, 0.2) is 0 Å². The first-order valence-corrected chi connectivity index (χ1v) is 6.16. The van der Waals surface area contributed by atoms with E-state index in [1.807, 2.05) is 6.92 Å². The molecule has 0 heterocycles. The molecule has 0 bridgehead atoms. The lowest BCUT2D eigenvalue weighted by molar-refractivity contribution is -0.384. The van der Waals surface area contributed by atoms with Gasteiger partial charge < -0.3 is 21.1 Å². The zero-order valence-electron chi connectivity index (χ0n) is 11.2. The van der Waals surface area contributed by atoms with Crippen LogP contribution in [0.5, 0.6) is 0 Å². The molecule has 0 saturated carbocycles. The van der Waals surface area contributed by atoms with Crippen LogP contribution < -0.4 is 16.4 Å². The van der Waals surface area contributed by atoms with Gasteiger partial charge in [-0.3, -0.25) is 14.9 Å². The van der Waals surface area contributed by atoms with Gasteiger partial charge in [-0.2, -0.15) is 0 Å². The van der Waals surface area contributed by atoms with Crippen LogP contribution in [0, 0.1) is 10.1 Å². The van der Waals surface area contributed by atoms with Crippen LogP contribution in [0.25, 0.3) is 0 Å². The van der Waals surface area contributed by atoms with Crippen molar-refractivity contribution in [3.8, 4) is 0 Å². The van der Waals surface area contributed by atoms with Gasteiger partial charge in [0.25, 0.3) is 5.69 Å². The van der Waals surface area contributed by atoms with Crippen molar-refractivity contribution in [3.63, 3.8) is 0 Å². The second-order valence-electron chi connectivity index (χ2n) is 4.00. The lowest BCUT2D eigenvalue weighted by Gasteiger charge is -2.09. The molecule has 8 heteroatoms. The lowest BCUT2D eigenvalue weighted by Crippen LogP contribution is -2.20. The number of ether oxygens (including phenoxy) is 1. The number of nitro groups is 1. The number of non-ortho nitro benzene ring substituents is 1. The summed E-state index contributed by atoms with van der Waals surface area (Å²) in [4.78, 5) is 20.8. The number of anilines is 2.